The third kappa shape index (κ3) is 6.40. The van der Waals surface area contributed by atoms with Crippen LogP contribution < -0.4 is 0 Å². The number of ether oxygens (including phenoxy) is 1. The SMILES string of the molecule is CC(C)(Cc1cccc(Br)c1)OC(C)(C)Cc1cccc(Br)c1. The maximum atomic E-state index is 6.48. The highest BCUT2D eigenvalue weighted by Gasteiger charge is 2.29. The molecule has 0 aliphatic carbocycles. The minimum Gasteiger partial charge on any atom is -0.369 e. The predicted molar refractivity (Wildman–Crippen MR) is 105 cm³/mol. The number of hydrogen-bond donors (Lipinski definition) is 0. The predicted octanol–water partition coefficient (Wildman–Crippen LogP) is 6.57. The first-order chi connectivity index (χ1) is 10.7. The highest BCUT2D eigenvalue weighted by atomic mass is 79.9. The van der Waals surface area contributed by atoms with Gasteiger partial charge in [0.2, 0.25) is 0 Å². The van der Waals surface area contributed by atoms with Crippen molar-refractivity contribution in [2.75, 3.05) is 0 Å². The van der Waals surface area contributed by atoms with E-state index >= 15 is 0 Å². The van der Waals surface area contributed by atoms with Crippen molar-refractivity contribution in [3.63, 3.8) is 0 Å². The van der Waals surface area contributed by atoms with Crippen LogP contribution in [0.2, 0.25) is 0 Å². The van der Waals surface area contributed by atoms with Crippen LogP contribution in [0.3, 0.4) is 0 Å². The molecule has 0 saturated heterocycles. The average Bonchev–Trinajstić information content (AvgIpc) is 2.35. The molecule has 0 atom stereocenters. The lowest BCUT2D eigenvalue weighted by atomic mass is 9.94. The zero-order valence-corrected chi connectivity index (χ0v) is 17.4. The van der Waals surface area contributed by atoms with E-state index in [2.05, 4.69) is 108 Å². The second-order valence-corrected chi connectivity index (χ2v) is 9.07. The van der Waals surface area contributed by atoms with E-state index in [1.165, 1.54) is 11.1 Å². The molecule has 124 valence electrons. The van der Waals surface area contributed by atoms with Crippen molar-refractivity contribution in [3.05, 3.63) is 68.6 Å². The first kappa shape index (κ1) is 18.7. The Balaban J connectivity index is 2.05. The molecule has 0 aromatic heterocycles. The van der Waals surface area contributed by atoms with Gasteiger partial charge in [0.05, 0.1) is 11.2 Å². The average molecular weight is 440 g/mol. The third-order valence-corrected chi connectivity index (χ3v) is 4.58. The fourth-order valence-corrected chi connectivity index (χ4v) is 3.99. The lowest BCUT2D eigenvalue weighted by molar-refractivity contribution is -0.121. The van der Waals surface area contributed by atoms with Crippen molar-refractivity contribution in [1.29, 1.82) is 0 Å². The second kappa shape index (κ2) is 7.50. The van der Waals surface area contributed by atoms with E-state index in [1.807, 2.05) is 0 Å². The first-order valence-corrected chi connectivity index (χ1v) is 9.43. The molecule has 2 rings (SSSR count). The summed E-state index contributed by atoms with van der Waals surface area (Å²) in [6.07, 6.45) is 1.77. The third-order valence-electron chi connectivity index (χ3n) is 3.59. The van der Waals surface area contributed by atoms with Gasteiger partial charge in [-0.2, -0.15) is 0 Å². The maximum absolute atomic E-state index is 6.48. The smallest absolute Gasteiger partial charge is 0.0674 e. The normalized spacial score (nSPS) is 12.4. The molecule has 1 nitrogen and oxygen atoms in total. The lowest BCUT2D eigenvalue weighted by Gasteiger charge is -2.36. The number of halogens is 2. The van der Waals surface area contributed by atoms with E-state index in [4.69, 9.17) is 4.74 Å². The van der Waals surface area contributed by atoms with E-state index < -0.39 is 0 Å². The summed E-state index contributed by atoms with van der Waals surface area (Å²) in [6, 6.07) is 16.9. The van der Waals surface area contributed by atoms with Gasteiger partial charge in [0, 0.05) is 21.8 Å². The standard InChI is InChI=1S/C20H24Br2O/c1-19(2,13-15-7-5-9-17(21)11-15)23-20(3,4)14-16-8-6-10-18(22)12-16/h5-12H,13-14H2,1-4H3. The van der Waals surface area contributed by atoms with Crippen molar-refractivity contribution in [3.8, 4) is 0 Å². The van der Waals surface area contributed by atoms with Crippen LogP contribution in [0.15, 0.2) is 57.5 Å². The number of benzene rings is 2. The van der Waals surface area contributed by atoms with Gasteiger partial charge in [-0.15, -0.1) is 0 Å². The van der Waals surface area contributed by atoms with Crippen LogP contribution in [0, 0.1) is 0 Å². The Morgan fingerprint density at radius 2 is 1.13 bits per heavy atom. The Morgan fingerprint density at radius 3 is 1.48 bits per heavy atom. The van der Waals surface area contributed by atoms with Crippen LogP contribution in [0.1, 0.15) is 38.8 Å². The van der Waals surface area contributed by atoms with Crippen molar-refractivity contribution in [2.45, 2.75) is 51.7 Å². The van der Waals surface area contributed by atoms with Crippen LogP contribution >= 0.6 is 31.9 Å². The van der Waals surface area contributed by atoms with Crippen molar-refractivity contribution in [2.24, 2.45) is 0 Å². The van der Waals surface area contributed by atoms with Gasteiger partial charge in [-0.05, 0) is 63.1 Å². The maximum Gasteiger partial charge on any atom is 0.0674 e. The Bertz CT molecular complexity index is 605. The molecular formula is C20H24Br2O. The Kier molecular flexibility index (Phi) is 6.10. The van der Waals surface area contributed by atoms with Gasteiger partial charge >= 0.3 is 0 Å². The summed E-state index contributed by atoms with van der Waals surface area (Å²) in [5.41, 5.74) is 2.11. The van der Waals surface area contributed by atoms with Crippen LogP contribution in [0.4, 0.5) is 0 Å². The highest BCUT2D eigenvalue weighted by molar-refractivity contribution is 9.10. The van der Waals surface area contributed by atoms with Crippen LogP contribution in [0.25, 0.3) is 0 Å². The molecule has 0 radical (unpaired) electrons. The highest BCUT2D eigenvalue weighted by Crippen LogP contribution is 2.28. The van der Waals surface area contributed by atoms with Gasteiger partial charge < -0.3 is 4.74 Å². The second-order valence-electron chi connectivity index (χ2n) is 7.23. The van der Waals surface area contributed by atoms with Gasteiger partial charge in [0.15, 0.2) is 0 Å². The Hall–Kier alpha value is -0.640. The van der Waals surface area contributed by atoms with E-state index in [0.717, 1.165) is 21.8 Å². The van der Waals surface area contributed by atoms with Gasteiger partial charge in [-0.1, -0.05) is 56.1 Å². The van der Waals surface area contributed by atoms with Gasteiger partial charge in [0.1, 0.15) is 0 Å². The summed E-state index contributed by atoms with van der Waals surface area (Å²) in [5, 5.41) is 0. The van der Waals surface area contributed by atoms with Crippen molar-refractivity contribution >= 4 is 31.9 Å². The molecular weight excluding hydrogens is 416 g/mol. The molecule has 0 saturated carbocycles. The summed E-state index contributed by atoms with van der Waals surface area (Å²) < 4.78 is 8.70. The monoisotopic (exact) mass is 438 g/mol. The first-order valence-electron chi connectivity index (χ1n) is 7.84. The molecule has 2 aromatic rings. The zero-order chi connectivity index (χ0) is 17.1. The van der Waals surface area contributed by atoms with Crippen molar-refractivity contribution < 1.29 is 4.74 Å². The van der Waals surface area contributed by atoms with Gasteiger partial charge in [-0.25, -0.2) is 0 Å². The van der Waals surface area contributed by atoms with Gasteiger partial charge in [0.25, 0.3) is 0 Å². The molecule has 3 heteroatoms. The Morgan fingerprint density at radius 1 is 0.739 bits per heavy atom. The molecule has 0 aliphatic heterocycles. The summed E-state index contributed by atoms with van der Waals surface area (Å²) in [7, 11) is 0. The molecule has 0 N–H and O–H groups in total. The molecule has 0 aliphatic rings. The van der Waals surface area contributed by atoms with E-state index in [1.54, 1.807) is 0 Å². The molecule has 0 unspecified atom stereocenters. The summed E-state index contributed by atoms with van der Waals surface area (Å²) in [5.74, 6) is 0. The molecule has 0 fully saturated rings. The van der Waals surface area contributed by atoms with E-state index in [-0.39, 0.29) is 11.2 Å². The number of rotatable bonds is 6. The molecule has 0 spiro atoms. The van der Waals surface area contributed by atoms with Crippen LogP contribution in [-0.2, 0) is 17.6 Å². The molecule has 0 bridgehead atoms. The minimum atomic E-state index is -0.226. The molecule has 23 heavy (non-hydrogen) atoms. The molecule has 2 aromatic carbocycles. The lowest BCUT2D eigenvalue weighted by Crippen LogP contribution is -2.40. The zero-order valence-electron chi connectivity index (χ0n) is 14.2. The minimum absolute atomic E-state index is 0.226. The summed E-state index contributed by atoms with van der Waals surface area (Å²) in [4.78, 5) is 0. The Labute approximate surface area is 156 Å². The van der Waals surface area contributed by atoms with Crippen LogP contribution in [-0.4, -0.2) is 11.2 Å². The van der Waals surface area contributed by atoms with Gasteiger partial charge in [-0.3, -0.25) is 0 Å². The van der Waals surface area contributed by atoms with Crippen molar-refractivity contribution in [1.82, 2.24) is 0 Å². The fourth-order valence-electron chi connectivity index (χ4n) is 3.10. The summed E-state index contributed by atoms with van der Waals surface area (Å²) >= 11 is 7.07. The molecule has 0 amide bonds. The topological polar surface area (TPSA) is 9.23 Å². The summed E-state index contributed by atoms with van der Waals surface area (Å²) in [6.45, 7) is 8.65. The quantitative estimate of drug-likeness (QED) is 0.494. The largest absolute Gasteiger partial charge is 0.369 e. The molecule has 0 heterocycles. The van der Waals surface area contributed by atoms with E-state index in [9.17, 15) is 0 Å². The van der Waals surface area contributed by atoms with E-state index in [0.29, 0.717) is 0 Å². The number of hydrogen-bond acceptors (Lipinski definition) is 1. The fraction of sp³-hybridized carbons (Fsp3) is 0.400. The van der Waals surface area contributed by atoms with Crippen LogP contribution in [0.5, 0.6) is 0 Å².